The first kappa shape index (κ1) is 41.0. The number of hydrogen-bond donors (Lipinski definition) is 2. The first-order valence-corrected chi connectivity index (χ1v) is 18.4. The van der Waals surface area contributed by atoms with Gasteiger partial charge in [-0.05, 0) is 91.7 Å². The van der Waals surface area contributed by atoms with E-state index in [1.54, 1.807) is 36.4 Å². The van der Waals surface area contributed by atoms with E-state index in [2.05, 4.69) is 5.32 Å². The molecule has 286 valence electrons. The Morgan fingerprint density at radius 3 is 1.86 bits per heavy atom. The number of ketones is 2. The molecule has 0 bridgehead atoms. The zero-order chi connectivity index (χ0) is 40.2. The van der Waals surface area contributed by atoms with Crippen LogP contribution in [0, 0.1) is 6.92 Å². The highest BCUT2D eigenvalue weighted by molar-refractivity contribution is 6.31. The summed E-state index contributed by atoms with van der Waals surface area (Å²) >= 11 is 12.3. The van der Waals surface area contributed by atoms with Gasteiger partial charge < -0.3 is 29.3 Å². The Morgan fingerprint density at radius 2 is 1.27 bits per heavy atom. The summed E-state index contributed by atoms with van der Waals surface area (Å²) < 4.78 is 13.8. The highest BCUT2D eigenvalue weighted by Crippen LogP contribution is 2.37. The number of carboxylic acids is 1. The second kappa shape index (κ2) is 19.4. The molecule has 6 rings (SSSR count). The molecule has 0 radical (unpaired) electrons. The Kier molecular flexibility index (Phi) is 14.2. The van der Waals surface area contributed by atoms with E-state index in [0.29, 0.717) is 51.7 Å². The number of rotatable bonds is 14. The number of Topliss-reactive ketones (excluding diaryl/α,β-unsaturated/α-hetero) is 2. The molecule has 6 aromatic rings. The lowest BCUT2D eigenvalue weighted by atomic mass is 10.0. The smallest absolute Gasteiger partial charge is 0.335 e. The van der Waals surface area contributed by atoms with Crippen molar-refractivity contribution in [3.63, 3.8) is 0 Å². The van der Waals surface area contributed by atoms with Crippen molar-refractivity contribution in [2.24, 2.45) is 0 Å². The van der Waals surface area contributed by atoms with Gasteiger partial charge in [0, 0.05) is 52.4 Å². The summed E-state index contributed by atoms with van der Waals surface area (Å²) in [6, 6.07) is 38.5. The summed E-state index contributed by atoms with van der Waals surface area (Å²) in [5.74, 6) is -0.396. The highest BCUT2D eigenvalue weighted by Gasteiger charge is 2.18. The Labute approximate surface area is 335 Å². The van der Waals surface area contributed by atoms with Gasteiger partial charge in [0.1, 0.15) is 30.5 Å². The van der Waals surface area contributed by atoms with Crippen LogP contribution in [0.1, 0.15) is 64.2 Å². The van der Waals surface area contributed by atoms with Crippen molar-refractivity contribution in [1.82, 2.24) is 4.57 Å². The van der Waals surface area contributed by atoms with Gasteiger partial charge in [-0.15, -0.1) is 0 Å². The number of anilines is 1. The predicted octanol–water partition coefficient (Wildman–Crippen LogP) is 10.8. The van der Waals surface area contributed by atoms with E-state index in [0.717, 1.165) is 28.1 Å². The van der Waals surface area contributed by atoms with Crippen LogP contribution in [0.2, 0.25) is 10.0 Å². The van der Waals surface area contributed by atoms with Crippen molar-refractivity contribution < 1.29 is 33.8 Å². The maximum atomic E-state index is 12.2. The molecule has 9 nitrogen and oxygen atoms in total. The number of ether oxygens (including phenoxy) is 2. The Bertz CT molecular complexity index is 2340. The number of aryl methyl sites for hydroxylation is 1. The molecule has 0 saturated heterocycles. The van der Waals surface area contributed by atoms with Gasteiger partial charge in [0.2, 0.25) is 5.91 Å². The van der Waals surface area contributed by atoms with Gasteiger partial charge in [0.15, 0.2) is 5.78 Å². The van der Waals surface area contributed by atoms with Crippen LogP contribution in [0.3, 0.4) is 0 Å². The van der Waals surface area contributed by atoms with Gasteiger partial charge in [-0.25, -0.2) is 4.79 Å². The first-order chi connectivity index (χ1) is 26.9. The molecule has 0 aliphatic carbocycles. The molecule has 0 aliphatic rings. The molecule has 0 unspecified atom stereocenters. The second-order valence-electron chi connectivity index (χ2n) is 12.9. The summed E-state index contributed by atoms with van der Waals surface area (Å²) in [7, 11) is 0. The van der Waals surface area contributed by atoms with Gasteiger partial charge >= 0.3 is 5.97 Å². The molecule has 11 heteroatoms. The van der Waals surface area contributed by atoms with Crippen LogP contribution in [-0.2, 0) is 22.8 Å². The second-order valence-corrected chi connectivity index (χ2v) is 13.8. The fourth-order valence-electron chi connectivity index (χ4n) is 5.80. The molecule has 0 atom stereocenters. The summed E-state index contributed by atoms with van der Waals surface area (Å²) in [6.07, 6.45) is 0.390. The van der Waals surface area contributed by atoms with Gasteiger partial charge in [-0.3, -0.25) is 9.59 Å². The average molecular weight is 792 g/mol. The molecular formula is C45H40Cl2N2O7. The Morgan fingerprint density at radius 1 is 0.679 bits per heavy atom. The zero-order valence-corrected chi connectivity index (χ0v) is 32.6. The van der Waals surface area contributed by atoms with Crippen LogP contribution in [0.15, 0.2) is 127 Å². The summed E-state index contributed by atoms with van der Waals surface area (Å²) in [5.41, 5.74) is 5.93. The van der Waals surface area contributed by atoms with Crippen LogP contribution in [-0.4, -0.2) is 33.1 Å². The van der Waals surface area contributed by atoms with Gasteiger partial charge in [0.05, 0.1) is 16.8 Å². The minimum absolute atomic E-state index is 0.0119. The van der Waals surface area contributed by atoms with E-state index in [4.69, 9.17) is 32.7 Å². The van der Waals surface area contributed by atoms with Crippen LogP contribution in [0.4, 0.5) is 5.69 Å². The van der Waals surface area contributed by atoms with Crippen molar-refractivity contribution in [3.05, 3.63) is 165 Å². The van der Waals surface area contributed by atoms with Crippen molar-refractivity contribution in [1.29, 1.82) is 0 Å². The topological polar surface area (TPSA) is 124 Å². The standard InChI is InChI=1S/C27H23ClN2O4.C18H17ClO3/c1-17-8-10-25(30(17)23-13-20(27(32)33)12-22(15-23)29-18(2)31)24-14-21(28)9-11-26(24)34-16-19-6-4-3-5-7-19;1-13(20)7-9-17(21)16-11-15(19)8-10-18(16)22-12-14-5-3-2-4-6-14/h3-15H,16H2,1-2H3,(H,29,31)(H,32,33);2-6,8,10-11H,7,9,12H2,1H3. The fraction of sp³-hybridized carbons (Fsp3) is 0.156. The maximum absolute atomic E-state index is 12.2. The number of amides is 1. The largest absolute Gasteiger partial charge is 0.488 e. The lowest BCUT2D eigenvalue weighted by molar-refractivity contribution is -0.117. The zero-order valence-electron chi connectivity index (χ0n) is 31.1. The number of aromatic nitrogens is 1. The molecule has 0 spiro atoms. The van der Waals surface area contributed by atoms with Crippen LogP contribution in [0.5, 0.6) is 11.5 Å². The third-order valence-corrected chi connectivity index (χ3v) is 8.93. The minimum Gasteiger partial charge on any atom is -0.488 e. The number of carboxylic acid groups (broad SMARTS) is 1. The molecule has 56 heavy (non-hydrogen) atoms. The molecule has 0 saturated carbocycles. The van der Waals surface area contributed by atoms with Gasteiger partial charge in [-0.1, -0.05) is 83.9 Å². The fourth-order valence-corrected chi connectivity index (χ4v) is 6.14. The van der Waals surface area contributed by atoms with E-state index in [1.165, 1.54) is 19.9 Å². The quantitative estimate of drug-likeness (QED) is 0.105. The SMILES string of the molecule is CC(=O)CCC(=O)c1cc(Cl)ccc1OCc1ccccc1.CC(=O)Nc1cc(C(=O)O)cc(-n2c(C)ccc2-c2cc(Cl)ccc2OCc2ccccc2)c1. The molecule has 1 amide bonds. The van der Waals surface area contributed by atoms with E-state index in [1.807, 2.05) is 96.4 Å². The van der Waals surface area contributed by atoms with Gasteiger partial charge in [0.25, 0.3) is 0 Å². The lowest BCUT2D eigenvalue weighted by Crippen LogP contribution is -2.09. The van der Waals surface area contributed by atoms with E-state index in [-0.39, 0.29) is 35.9 Å². The van der Waals surface area contributed by atoms with E-state index >= 15 is 0 Å². The maximum Gasteiger partial charge on any atom is 0.335 e. The minimum atomic E-state index is -1.09. The molecule has 2 N–H and O–H groups in total. The first-order valence-electron chi connectivity index (χ1n) is 17.7. The number of aromatic carboxylic acids is 1. The molecular weight excluding hydrogens is 751 g/mol. The molecule has 0 aliphatic heterocycles. The molecule has 5 aromatic carbocycles. The number of nitrogens with zero attached hydrogens (tertiary/aromatic N) is 1. The lowest BCUT2D eigenvalue weighted by Gasteiger charge is -2.17. The Balaban J connectivity index is 0.000000236. The highest BCUT2D eigenvalue weighted by atomic mass is 35.5. The number of nitrogens with one attached hydrogen (secondary N) is 1. The predicted molar refractivity (Wildman–Crippen MR) is 219 cm³/mol. The van der Waals surface area contributed by atoms with Crippen molar-refractivity contribution in [2.45, 2.75) is 46.8 Å². The van der Waals surface area contributed by atoms with Crippen molar-refractivity contribution in [2.75, 3.05) is 5.32 Å². The summed E-state index contributed by atoms with van der Waals surface area (Å²) in [4.78, 5) is 46.7. The molecule has 1 heterocycles. The summed E-state index contributed by atoms with van der Waals surface area (Å²) in [5, 5.41) is 13.3. The van der Waals surface area contributed by atoms with E-state index in [9.17, 15) is 24.3 Å². The number of carbonyl (C=O) groups excluding carboxylic acids is 3. The number of hydrogen-bond acceptors (Lipinski definition) is 6. The average Bonchev–Trinajstić information content (AvgIpc) is 3.57. The molecule has 0 fully saturated rings. The van der Waals surface area contributed by atoms with E-state index < -0.39 is 5.97 Å². The normalized spacial score (nSPS) is 10.5. The number of benzene rings is 5. The summed E-state index contributed by atoms with van der Waals surface area (Å²) in [6.45, 7) is 5.52. The molecule has 1 aromatic heterocycles. The van der Waals surface area contributed by atoms with Gasteiger partial charge in [-0.2, -0.15) is 0 Å². The third-order valence-electron chi connectivity index (χ3n) is 8.46. The Hall–Kier alpha value is -6.16. The van der Waals surface area contributed by atoms with Crippen LogP contribution < -0.4 is 14.8 Å². The van der Waals surface area contributed by atoms with Crippen molar-refractivity contribution >= 4 is 52.3 Å². The number of halogens is 2. The van der Waals surface area contributed by atoms with Crippen molar-refractivity contribution in [3.8, 4) is 28.4 Å². The van der Waals surface area contributed by atoms with Crippen LogP contribution >= 0.6 is 23.2 Å². The monoisotopic (exact) mass is 790 g/mol. The van der Waals surface area contributed by atoms with Crippen LogP contribution in [0.25, 0.3) is 16.9 Å². The third kappa shape index (κ3) is 11.4. The number of carbonyl (C=O) groups is 4.